The third-order valence-electron chi connectivity index (χ3n) is 1.25. The molecule has 3 N–H and O–H groups in total. The van der Waals surface area contributed by atoms with Gasteiger partial charge in [0.2, 0.25) is 0 Å². The summed E-state index contributed by atoms with van der Waals surface area (Å²) in [5.74, 6) is -5.98. The quantitative estimate of drug-likeness (QED) is 0.476. The maximum Gasteiger partial charge on any atom is 3.00 e. The van der Waals surface area contributed by atoms with Crippen LogP contribution in [-0.2, 0) is 31.5 Å². The average Bonchev–Trinajstić information content (AvgIpc) is 1.98. The zero-order valence-corrected chi connectivity index (χ0v) is 10.9. The van der Waals surface area contributed by atoms with E-state index in [1.807, 2.05) is 13.8 Å². The molecule has 8 nitrogen and oxygen atoms in total. The number of carbonyl (C=O) groups is 3. The summed E-state index contributed by atoms with van der Waals surface area (Å²) < 4.78 is 0. The van der Waals surface area contributed by atoms with Gasteiger partial charge in [-0.05, 0) is 6.04 Å². The van der Waals surface area contributed by atoms with E-state index in [0.717, 1.165) is 0 Å². The molecule has 0 spiro atoms. The van der Waals surface area contributed by atoms with E-state index >= 15 is 0 Å². The number of carbonyl (C=O) groups excluding carboxylic acids is 3. The van der Waals surface area contributed by atoms with Gasteiger partial charge in [-0.3, -0.25) is 0 Å². The summed E-state index contributed by atoms with van der Waals surface area (Å²) in [5, 5.41) is 38.9. The van der Waals surface area contributed by atoms with E-state index in [4.69, 9.17) is 10.8 Å². The van der Waals surface area contributed by atoms with Crippen LogP contribution >= 0.6 is 0 Å². The molecule has 0 aliphatic carbocycles. The third kappa shape index (κ3) is 12.9. The summed E-state index contributed by atoms with van der Waals surface area (Å²) in [6, 6.07) is 0.333. The molecule has 0 unspecified atom stereocenters. The molecule has 0 amide bonds. The summed E-state index contributed by atoms with van der Waals surface area (Å²) in [4.78, 5) is 30.0. The van der Waals surface area contributed by atoms with Gasteiger partial charge in [0.15, 0.2) is 0 Å². The number of aliphatic carboxylic acids is 3. The van der Waals surface area contributed by atoms with Crippen LogP contribution in [0.3, 0.4) is 0 Å². The van der Waals surface area contributed by atoms with Crippen molar-refractivity contribution in [1.29, 1.82) is 0 Å². The van der Waals surface area contributed by atoms with Crippen LogP contribution < -0.4 is 21.1 Å². The van der Waals surface area contributed by atoms with E-state index in [-0.39, 0.29) is 17.1 Å². The Labute approximate surface area is 114 Å². The molecule has 18 heavy (non-hydrogen) atoms. The van der Waals surface area contributed by atoms with Crippen molar-refractivity contribution in [2.45, 2.75) is 38.3 Å². The number of hydrogen-bond donors (Lipinski definition) is 2. The van der Waals surface area contributed by atoms with Crippen molar-refractivity contribution in [2.24, 2.45) is 5.73 Å². The van der Waals surface area contributed by atoms with E-state index < -0.39 is 36.4 Å². The number of aliphatic hydroxyl groups is 1. The van der Waals surface area contributed by atoms with Gasteiger partial charge in [0, 0.05) is 24.8 Å². The smallest absolute Gasteiger partial charge is 0.550 e. The van der Waals surface area contributed by atoms with Crippen LogP contribution in [-0.4, -0.2) is 34.7 Å². The van der Waals surface area contributed by atoms with Crippen molar-refractivity contribution in [3.05, 3.63) is 0 Å². The van der Waals surface area contributed by atoms with Gasteiger partial charge in [0.05, 0.1) is 5.97 Å². The molecule has 0 atom stereocenters. The molecule has 0 heterocycles. The second-order valence-electron chi connectivity index (χ2n) is 3.66. The fourth-order valence-corrected chi connectivity index (χ4v) is 0.684. The van der Waals surface area contributed by atoms with E-state index in [2.05, 4.69) is 0 Å². The molecule has 0 bridgehead atoms. The summed E-state index contributed by atoms with van der Waals surface area (Å²) >= 11 is 0. The van der Waals surface area contributed by atoms with E-state index in [9.17, 15) is 29.7 Å². The number of carboxylic acid groups (broad SMARTS) is 3. The van der Waals surface area contributed by atoms with E-state index in [1.54, 1.807) is 0 Å². The molecule has 1 radical (unpaired) electrons. The zero-order chi connectivity index (χ0) is 14.2. The number of nitrogens with two attached hydrogens (primary N) is 1. The SMILES string of the molecule is CC(C)N.O=C([O-])CC(O)(CC(=O)[O-])C(=O)[O-].[Fe+3]. The molecule has 0 rings (SSSR count). The first-order valence-corrected chi connectivity index (χ1v) is 4.60. The Kier molecular flexibility index (Phi) is 12.1. The summed E-state index contributed by atoms with van der Waals surface area (Å²) in [6.07, 6.45) is -2.72. The molecule has 0 aliphatic heterocycles. The Hall–Kier alpha value is -1.15. The van der Waals surface area contributed by atoms with Crippen molar-refractivity contribution in [3.63, 3.8) is 0 Å². The van der Waals surface area contributed by atoms with Crippen molar-refractivity contribution >= 4 is 17.9 Å². The van der Waals surface area contributed by atoms with Crippen LogP contribution in [0.4, 0.5) is 0 Å². The van der Waals surface area contributed by atoms with Gasteiger partial charge >= 0.3 is 17.1 Å². The first-order valence-electron chi connectivity index (χ1n) is 4.60. The fourth-order valence-electron chi connectivity index (χ4n) is 0.684. The fraction of sp³-hybridized carbons (Fsp3) is 0.667. The van der Waals surface area contributed by atoms with Crippen LogP contribution in [0.1, 0.15) is 26.7 Å². The largest absolute Gasteiger partial charge is 3.00 e. The Morgan fingerprint density at radius 1 is 1.11 bits per heavy atom. The van der Waals surface area contributed by atoms with E-state index in [1.165, 1.54) is 0 Å². The molecule has 105 valence electrons. The number of carboxylic acids is 3. The average molecular weight is 304 g/mol. The Morgan fingerprint density at radius 3 is 1.44 bits per heavy atom. The maximum absolute atomic E-state index is 10.1. The van der Waals surface area contributed by atoms with Gasteiger partial charge < -0.3 is 40.5 Å². The van der Waals surface area contributed by atoms with E-state index in [0.29, 0.717) is 6.04 Å². The summed E-state index contributed by atoms with van der Waals surface area (Å²) in [6.45, 7) is 3.89. The molecule has 0 aromatic carbocycles. The zero-order valence-electron chi connectivity index (χ0n) is 9.82. The minimum absolute atomic E-state index is 0. The molecule has 0 aromatic rings. The topological polar surface area (TPSA) is 167 Å². The predicted molar refractivity (Wildman–Crippen MR) is 48.5 cm³/mol. The number of rotatable bonds is 5. The monoisotopic (exact) mass is 304 g/mol. The van der Waals surface area contributed by atoms with Gasteiger partial charge in [-0.15, -0.1) is 0 Å². The molecular formula is C9H14FeNO7. The minimum Gasteiger partial charge on any atom is -0.550 e. The molecule has 0 aromatic heterocycles. The van der Waals surface area contributed by atoms with Gasteiger partial charge in [-0.2, -0.15) is 0 Å². The Morgan fingerprint density at radius 2 is 1.33 bits per heavy atom. The van der Waals surface area contributed by atoms with Crippen molar-refractivity contribution in [2.75, 3.05) is 0 Å². The Bertz CT molecular complexity index is 274. The van der Waals surface area contributed by atoms with Gasteiger partial charge in [-0.25, -0.2) is 0 Å². The second kappa shape index (κ2) is 9.84. The standard InChI is InChI=1S/C6H8O7.C3H9N.Fe/c7-3(8)1-6(13,5(11)12)2-4(9)10;1-3(2)4;/h13H,1-2H2,(H,7,8)(H,9,10)(H,11,12);3H,4H2,1-2H3;/q;;+3/p-3. The van der Waals surface area contributed by atoms with Gasteiger partial charge in [0.25, 0.3) is 0 Å². The Balaban J connectivity index is -0.000000392. The van der Waals surface area contributed by atoms with Crippen LogP contribution in [0.25, 0.3) is 0 Å². The van der Waals surface area contributed by atoms with Crippen LogP contribution in [0, 0.1) is 0 Å². The van der Waals surface area contributed by atoms with Crippen molar-refractivity contribution in [3.8, 4) is 0 Å². The van der Waals surface area contributed by atoms with Crippen LogP contribution in [0.15, 0.2) is 0 Å². The van der Waals surface area contributed by atoms with Crippen molar-refractivity contribution in [1.82, 2.24) is 0 Å². The summed E-state index contributed by atoms with van der Waals surface area (Å²) in [7, 11) is 0. The number of hydrogen-bond acceptors (Lipinski definition) is 8. The maximum atomic E-state index is 10.1. The van der Waals surface area contributed by atoms with Crippen molar-refractivity contribution < 1.29 is 51.9 Å². The van der Waals surface area contributed by atoms with Crippen LogP contribution in [0.2, 0.25) is 0 Å². The van der Waals surface area contributed by atoms with Gasteiger partial charge in [-0.1, -0.05) is 13.8 Å². The first-order chi connectivity index (χ1) is 7.51. The molecule has 0 saturated heterocycles. The minimum atomic E-state index is -2.97. The first kappa shape index (κ1) is 22.1. The van der Waals surface area contributed by atoms with Gasteiger partial charge in [0.1, 0.15) is 5.60 Å². The third-order valence-corrected chi connectivity index (χ3v) is 1.25. The molecule has 0 aliphatic rings. The van der Waals surface area contributed by atoms with Crippen LogP contribution in [0.5, 0.6) is 0 Å². The molecule has 0 fully saturated rings. The molecule has 0 saturated carbocycles. The normalized spacial score (nSPS) is 9.83. The predicted octanol–water partition coefficient (Wildman–Crippen LogP) is -4.90. The molecular weight excluding hydrogens is 290 g/mol. The molecule has 9 heteroatoms. The summed E-state index contributed by atoms with van der Waals surface area (Å²) in [5.41, 5.74) is 2.14. The second-order valence-corrected chi connectivity index (χ2v) is 3.66.